The molecule has 1 saturated heterocycles. The fourth-order valence-corrected chi connectivity index (χ4v) is 5.44. The van der Waals surface area contributed by atoms with E-state index in [1.165, 1.54) is 6.21 Å². The Morgan fingerprint density at radius 1 is 1.20 bits per heavy atom. The van der Waals surface area contributed by atoms with Crippen molar-refractivity contribution >= 4 is 45.5 Å². The first-order valence-corrected chi connectivity index (χ1v) is 15.1. The fourth-order valence-electron chi connectivity index (χ4n) is 5.06. The normalized spacial score (nSPS) is 19.9. The second-order valence-electron chi connectivity index (χ2n) is 10.3. The summed E-state index contributed by atoms with van der Waals surface area (Å²) in [5, 5.41) is 30.3. The van der Waals surface area contributed by atoms with E-state index in [1.54, 1.807) is 18.2 Å². The van der Waals surface area contributed by atoms with E-state index in [-0.39, 0.29) is 24.2 Å². The van der Waals surface area contributed by atoms with Crippen LogP contribution in [0.3, 0.4) is 0 Å². The highest BCUT2D eigenvalue weighted by Gasteiger charge is 2.26. The van der Waals surface area contributed by atoms with Crippen LogP contribution in [-0.2, 0) is 4.74 Å². The third-order valence-corrected chi connectivity index (χ3v) is 8.44. The summed E-state index contributed by atoms with van der Waals surface area (Å²) >= 11 is 9.55. The number of halogens is 2. The van der Waals surface area contributed by atoms with Crippen LogP contribution in [0.2, 0.25) is 5.02 Å². The number of benzene rings is 1. The predicted octanol–water partition coefficient (Wildman–Crippen LogP) is 3.86. The minimum absolute atomic E-state index is 0.0373. The van der Waals surface area contributed by atoms with E-state index in [0.717, 1.165) is 74.0 Å². The van der Waals surface area contributed by atoms with Crippen LogP contribution in [0.5, 0.6) is 5.75 Å². The molecule has 41 heavy (non-hydrogen) atoms. The molecule has 1 aliphatic heterocycles. The minimum atomic E-state index is -0.213. The zero-order valence-electron chi connectivity index (χ0n) is 23.1. The Bertz CT molecular complexity index is 1270. The SMILES string of the molecule is Cc1c(OC2CCC(NC(=O)c3ccc(N4CCC(OCC[NH2+]/C=C(/Br)C=N)CC4)nn3)CC2)ccc(C#N)c1Cl. The third kappa shape index (κ3) is 8.72. The summed E-state index contributed by atoms with van der Waals surface area (Å²) in [4.78, 5) is 15.0. The first-order chi connectivity index (χ1) is 19.9. The Hall–Kier alpha value is -3.04. The highest BCUT2D eigenvalue weighted by molar-refractivity contribution is 9.12. The number of rotatable bonds is 11. The number of hydrogen-bond donors (Lipinski definition) is 3. The Labute approximate surface area is 254 Å². The molecule has 0 bridgehead atoms. The molecule has 1 aromatic heterocycles. The molecule has 10 nitrogen and oxygen atoms in total. The number of amides is 1. The van der Waals surface area contributed by atoms with Crippen molar-refractivity contribution in [1.29, 1.82) is 10.7 Å². The van der Waals surface area contributed by atoms with Gasteiger partial charge in [0, 0.05) is 30.9 Å². The highest BCUT2D eigenvalue weighted by atomic mass is 79.9. The summed E-state index contributed by atoms with van der Waals surface area (Å²) in [7, 11) is 0. The van der Waals surface area contributed by atoms with Gasteiger partial charge in [-0.2, -0.15) is 5.26 Å². The Kier molecular flexibility index (Phi) is 11.5. The Morgan fingerprint density at radius 2 is 1.95 bits per heavy atom. The van der Waals surface area contributed by atoms with Crippen molar-refractivity contribution in [3.8, 4) is 11.8 Å². The molecule has 2 aliphatic rings. The number of anilines is 1. The van der Waals surface area contributed by atoms with Crippen LogP contribution < -0.4 is 20.3 Å². The summed E-state index contributed by atoms with van der Waals surface area (Å²) in [5.41, 5.74) is 1.53. The fraction of sp³-hybridized carbons (Fsp3) is 0.483. The Balaban J connectivity index is 1.17. The molecule has 218 valence electrons. The van der Waals surface area contributed by atoms with Crippen LogP contribution >= 0.6 is 27.5 Å². The molecule has 2 fully saturated rings. The third-order valence-electron chi connectivity index (χ3n) is 7.46. The van der Waals surface area contributed by atoms with Crippen LogP contribution in [0, 0.1) is 23.7 Å². The summed E-state index contributed by atoms with van der Waals surface area (Å²) in [6, 6.07) is 9.22. The lowest BCUT2D eigenvalue weighted by atomic mass is 9.92. The van der Waals surface area contributed by atoms with Gasteiger partial charge in [0.05, 0.1) is 33.9 Å². The molecule has 0 unspecified atom stereocenters. The topological polar surface area (TPSA) is 141 Å². The van der Waals surface area contributed by atoms with E-state index >= 15 is 0 Å². The lowest BCUT2D eigenvalue weighted by Crippen LogP contribution is -2.79. The molecule has 4 N–H and O–H groups in total. The number of allylic oxidation sites excluding steroid dienone is 1. The molecular weight excluding hydrogens is 610 g/mol. The molecule has 1 aliphatic carbocycles. The van der Waals surface area contributed by atoms with Gasteiger partial charge in [-0.3, -0.25) is 4.79 Å². The van der Waals surface area contributed by atoms with Crippen molar-refractivity contribution in [2.75, 3.05) is 31.1 Å². The number of nitrogens with one attached hydrogen (secondary N) is 2. The summed E-state index contributed by atoms with van der Waals surface area (Å²) in [6.45, 7) is 4.97. The molecular formula is C29H36BrClN7O3+. The second-order valence-corrected chi connectivity index (χ2v) is 11.6. The smallest absolute Gasteiger partial charge is 0.272 e. The standard InChI is InChI=1S/C29H35BrClN7O3/c1-19-26(8-2-20(16-32)28(19)31)41-24-5-3-22(4-6-24)35-29(39)25-7-9-27(37-36-25)38-13-10-23(11-14-38)40-15-12-34-18-21(30)17-33/h2,7-9,17-18,22-24,33-34H,3-6,10-15H2,1H3,(H,35,39)/p+1/b21-18+,33-17?. The highest BCUT2D eigenvalue weighted by Crippen LogP contribution is 2.32. The van der Waals surface area contributed by atoms with Crippen molar-refractivity contribution in [2.45, 2.75) is 63.7 Å². The van der Waals surface area contributed by atoms with Crippen molar-refractivity contribution in [2.24, 2.45) is 0 Å². The van der Waals surface area contributed by atoms with Gasteiger partial charge >= 0.3 is 0 Å². The average Bonchev–Trinajstić information content (AvgIpc) is 3.00. The van der Waals surface area contributed by atoms with Crippen molar-refractivity contribution in [1.82, 2.24) is 15.5 Å². The number of quaternary nitrogens is 1. The van der Waals surface area contributed by atoms with E-state index < -0.39 is 0 Å². The summed E-state index contributed by atoms with van der Waals surface area (Å²) in [6.07, 6.45) is 8.43. The Morgan fingerprint density at radius 3 is 2.61 bits per heavy atom. The van der Waals surface area contributed by atoms with Crippen molar-refractivity contribution in [3.05, 3.63) is 56.8 Å². The number of hydrogen-bond acceptors (Lipinski definition) is 8. The van der Waals surface area contributed by atoms with Gasteiger partial charge in [-0.15, -0.1) is 10.2 Å². The van der Waals surface area contributed by atoms with Gasteiger partial charge in [-0.05, 0) is 85.6 Å². The van der Waals surface area contributed by atoms with Gasteiger partial charge < -0.3 is 30.4 Å². The molecule has 2 heterocycles. The maximum atomic E-state index is 12.8. The van der Waals surface area contributed by atoms with E-state index in [9.17, 15) is 4.79 Å². The lowest BCUT2D eigenvalue weighted by Gasteiger charge is -2.32. The van der Waals surface area contributed by atoms with Gasteiger partial charge in [-0.1, -0.05) is 11.6 Å². The first kappa shape index (κ1) is 30.9. The van der Waals surface area contributed by atoms with Crippen LogP contribution in [0.25, 0.3) is 0 Å². The van der Waals surface area contributed by atoms with Gasteiger partial charge in [0.25, 0.3) is 5.91 Å². The number of carbonyl (C=O) groups excluding carboxylic acids is 1. The zero-order chi connectivity index (χ0) is 29.2. The largest absolute Gasteiger partial charge is 0.490 e. The van der Waals surface area contributed by atoms with E-state index in [0.29, 0.717) is 28.6 Å². The lowest BCUT2D eigenvalue weighted by molar-refractivity contribution is -0.590. The van der Waals surface area contributed by atoms with Gasteiger partial charge in [0.15, 0.2) is 11.5 Å². The molecule has 1 aromatic carbocycles. The molecule has 0 radical (unpaired) electrons. The first-order valence-electron chi connectivity index (χ1n) is 13.9. The van der Waals surface area contributed by atoms with E-state index in [2.05, 4.69) is 42.4 Å². The predicted molar refractivity (Wildman–Crippen MR) is 161 cm³/mol. The van der Waals surface area contributed by atoms with Crippen LogP contribution in [0.1, 0.15) is 60.1 Å². The van der Waals surface area contributed by atoms with E-state index in [1.807, 2.05) is 24.5 Å². The van der Waals surface area contributed by atoms with Crippen LogP contribution in [-0.4, -0.2) is 66.8 Å². The van der Waals surface area contributed by atoms with Crippen molar-refractivity contribution in [3.63, 3.8) is 0 Å². The molecule has 1 amide bonds. The number of nitrogens with two attached hydrogens (primary N) is 1. The molecule has 0 spiro atoms. The average molecular weight is 646 g/mol. The molecule has 2 aromatic rings. The summed E-state index contributed by atoms with van der Waals surface area (Å²) < 4.78 is 12.9. The summed E-state index contributed by atoms with van der Waals surface area (Å²) in [5.74, 6) is 1.25. The quantitative estimate of drug-likeness (QED) is 0.249. The number of carbonyl (C=O) groups is 1. The monoisotopic (exact) mass is 644 g/mol. The molecule has 4 rings (SSSR count). The maximum absolute atomic E-state index is 12.8. The second kappa shape index (κ2) is 15.3. The van der Waals surface area contributed by atoms with Gasteiger partial charge in [0.2, 0.25) is 0 Å². The number of aromatic nitrogens is 2. The van der Waals surface area contributed by atoms with Gasteiger partial charge in [0.1, 0.15) is 24.6 Å². The number of nitrogens with zero attached hydrogens (tertiary/aromatic N) is 4. The number of ether oxygens (including phenoxy) is 2. The molecule has 1 saturated carbocycles. The van der Waals surface area contributed by atoms with Crippen LogP contribution in [0.4, 0.5) is 5.82 Å². The van der Waals surface area contributed by atoms with Gasteiger partial charge in [-0.25, -0.2) is 0 Å². The number of piperidine rings is 1. The zero-order valence-corrected chi connectivity index (χ0v) is 25.5. The van der Waals surface area contributed by atoms with E-state index in [4.69, 9.17) is 31.7 Å². The minimum Gasteiger partial charge on any atom is -0.490 e. The number of nitriles is 1. The maximum Gasteiger partial charge on any atom is 0.272 e. The van der Waals surface area contributed by atoms with Crippen LogP contribution in [0.15, 0.2) is 34.9 Å². The molecule has 12 heteroatoms. The van der Waals surface area contributed by atoms with Crippen molar-refractivity contribution < 1.29 is 19.6 Å². The molecule has 0 atom stereocenters.